The minimum absolute atomic E-state index is 0. The SMILES string of the molecule is CCc1cnc(CCNC(=NC)NCC(OC)c2ccc(F)cc2)s1.I. The fourth-order valence-corrected chi connectivity index (χ4v) is 3.20. The summed E-state index contributed by atoms with van der Waals surface area (Å²) in [4.78, 5) is 9.93. The van der Waals surface area contributed by atoms with Gasteiger partial charge in [-0.3, -0.25) is 4.99 Å². The molecule has 0 spiro atoms. The molecule has 2 aromatic rings. The topological polar surface area (TPSA) is 58.5 Å². The number of rotatable bonds is 8. The van der Waals surface area contributed by atoms with Crippen LogP contribution in [0.5, 0.6) is 0 Å². The molecule has 1 unspecified atom stereocenters. The number of aliphatic imine (C=N–C) groups is 1. The number of hydrogen-bond donors (Lipinski definition) is 2. The normalized spacial score (nSPS) is 12.4. The van der Waals surface area contributed by atoms with Crippen molar-refractivity contribution in [1.82, 2.24) is 15.6 Å². The maximum Gasteiger partial charge on any atom is 0.191 e. The molecule has 0 aliphatic heterocycles. The number of benzene rings is 1. The van der Waals surface area contributed by atoms with Gasteiger partial charge in [-0.05, 0) is 24.1 Å². The van der Waals surface area contributed by atoms with Crippen molar-refractivity contribution in [3.05, 3.63) is 51.7 Å². The molecule has 1 aromatic carbocycles. The highest BCUT2D eigenvalue weighted by Gasteiger charge is 2.11. The van der Waals surface area contributed by atoms with E-state index in [4.69, 9.17) is 4.74 Å². The lowest BCUT2D eigenvalue weighted by molar-refractivity contribution is 0.106. The molecule has 1 heterocycles. The van der Waals surface area contributed by atoms with Crippen molar-refractivity contribution >= 4 is 41.3 Å². The Bertz CT molecular complexity index is 678. The Balaban J connectivity index is 0.00000338. The van der Waals surface area contributed by atoms with Crippen LogP contribution in [0.4, 0.5) is 4.39 Å². The first-order chi connectivity index (χ1) is 12.2. The van der Waals surface area contributed by atoms with Gasteiger partial charge < -0.3 is 15.4 Å². The van der Waals surface area contributed by atoms with Gasteiger partial charge in [-0.1, -0.05) is 19.1 Å². The Kier molecular flexibility index (Phi) is 10.7. The average Bonchev–Trinajstić information content (AvgIpc) is 3.10. The predicted octanol–water partition coefficient (Wildman–Crippen LogP) is 3.56. The van der Waals surface area contributed by atoms with Crippen LogP contribution in [0.25, 0.3) is 0 Å². The summed E-state index contributed by atoms with van der Waals surface area (Å²) >= 11 is 1.75. The Morgan fingerprint density at radius 1 is 1.31 bits per heavy atom. The molecular weight excluding hydrogens is 466 g/mol. The number of hydrogen-bond acceptors (Lipinski definition) is 4. The van der Waals surface area contributed by atoms with E-state index >= 15 is 0 Å². The second kappa shape index (κ2) is 12.2. The van der Waals surface area contributed by atoms with Crippen molar-refractivity contribution in [1.29, 1.82) is 0 Å². The summed E-state index contributed by atoms with van der Waals surface area (Å²) in [5, 5.41) is 7.64. The number of thiazole rings is 1. The quantitative estimate of drug-likeness (QED) is 0.336. The number of halogens is 2. The third-order valence-corrected chi connectivity index (χ3v) is 4.99. The summed E-state index contributed by atoms with van der Waals surface area (Å²) in [7, 11) is 3.37. The number of methoxy groups -OCH3 is 1. The average molecular weight is 492 g/mol. The summed E-state index contributed by atoms with van der Waals surface area (Å²) in [5.74, 6) is 0.453. The van der Waals surface area contributed by atoms with E-state index in [0.717, 1.165) is 30.0 Å². The third-order valence-electron chi connectivity index (χ3n) is 3.79. The van der Waals surface area contributed by atoms with Gasteiger partial charge in [0.15, 0.2) is 5.96 Å². The maximum atomic E-state index is 13.0. The summed E-state index contributed by atoms with van der Waals surface area (Å²) in [6, 6.07) is 6.34. The number of nitrogens with zero attached hydrogens (tertiary/aromatic N) is 2. The van der Waals surface area contributed by atoms with Gasteiger partial charge in [0.2, 0.25) is 0 Å². The van der Waals surface area contributed by atoms with Gasteiger partial charge in [0.1, 0.15) is 5.82 Å². The van der Waals surface area contributed by atoms with E-state index in [2.05, 4.69) is 27.5 Å². The van der Waals surface area contributed by atoms with Crippen LogP contribution >= 0.6 is 35.3 Å². The molecule has 0 bridgehead atoms. The van der Waals surface area contributed by atoms with Crippen molar-refractivity contribution in [3.63, 3.8) is 0 Å². The van der Waals surface area contributed by atoms with Crippen molar-refractivity contribution < 1.29 is 9.13 Å². The lowest BCUT2D eigenvalue weighted by Gasteiger charge is -2.18. The van der Waals surface area contributed by atoms with Gasteiger partial charge in [0.05, 0.1) is 11.1 Å². The second-order valence-electron chi connectivity index (χ2n) is 5.48. The van der Waals surface area contributed by atoms with Crippen LogP contribution in [0.15, 0.2) is 35.5 Å². The highest BCUT2D eigenvalue weighted by Crippen LogP contribution is 2.16. The van der Waals surface area contributed by atoms with Gasteiger partial charge in [-0.15, -0.1) is 35.3 Å². The zero-order chi connectivity index (χ0) is 18.1. The molecule has 5 nitrogen and oxygen atoms in total. The van der Waals surface area contributed by atoms with E-state index < -0.39 is 0 Å². The van der Waals surface area contributed by atoms with E-state index in [1.807, 2.05) is 6.20 Å². The monoisotopic (exact) mass is 492 g/mol. The highest BCUT2D eigenvalue weighted by atomic mass is 127. The van der Waals surface area contributed by atoms with Crippen molar-refractivity contribution in [2.24, 2.45) is 4.99 Å². The fraction of sp³-hybridized carbons (Fsp3) is 0.444. The van der Waals surface area contributed by atoms with Crippen LogP contribution in [0.2, 0.25) is 0 Å². The highest BCUT2D eigenvalue weighted by molar-refractivity contribution is 14.0. The molecule has 0 saturated heterocycles. The van der Waals surface area contributed by atoms with Gasteiger partial charge >= 0.3 is 0 Å². The van der Waals surface area contributed by atoms with Crippen LogP contribution in [0.3, 0.4) is 0 Å². The molecule has 0 fully saturated rings. The number of guanidine groups is 1. The smallest absolute Gasteiger partial charge is 0.191 e. The molecule has 8 heteroatoms. The van der Waals surface area contributed by atoms with E-state index in [-0.39, 0.29) is 35.9 Å². The number of ether oxygens (including phenoxy) is 1. The van der Waals surface area contributed by atoms with E-state index in [0.29, 0.717) is 12.5 Å². The van der Waals surface area contributed by atoms with E-state index in [1.165, 1.54) is 17.0 Å². The van der Waals surface area contributed by atoms with Crippen LogP contribution in [-0.4, -0.2) is 38.2 Å². The first-order valence-corrected chi connectivity index (χ1v) is 9.14. The van der Waals surface area contributed by atoms with E-state index in [9.17, 15) is 4.39 Å². The minimum Gasteiger partial charge on any atom is -0.375 e. The van der Waals surface area contributed by atoms with Crippen LogP contribution < -0.4 is 10.6 Å². The molecule has 2 N–H and O–H groups in total. The zero-order valence-electron chi connectivity index (χ0n) is 15.3. The zero-order valence-corrected chi connectivity index (χ0v) is 18.4. The number of aromatic nitrogens is 1. The van der Waals surface area contributed by atoms with Gasteiger partial charge in [0.25, 0.3) is 0 Å². The van der Waals surface area contributed by atoms with Crippen molar-refractivity contribution in [3.8, 4) is 0 Å². The lowest BCUT2D eigenvalue weighted by atomic mass is 10.1. The van der Waals surface area contributed by atoms with Gasteiger partial charge in [-0.2, -0.15) is 0 Å². The maximum absolute atomic E-state index is 13.0. The Morgan fingerprint density at radius 3 is 2.62 bits per heavy atom. The van der Waals surface area contributed by atoms with Crippen molar-refractivity contribution in [2.75, 3.05) is 27.2 Å². The molecule has 0 radical (unpaired) electrons. The van der Waals surface area contributed by atoms with Crippen LogP contribution in [-0.2, 0) is 17.6 Å². The van der Waals surface area contributed by atoms with E-state index in [1.54, 1.807) is 37.6 Å². The fourth-order valence-electron chi connectivity index (χ4n) is 2.34. The minimum atomic E-state index is -0.252. The Labute approximate surface area is 175 Å². The number of nitrogens with one attached hydrogen (secondary N) is 2. The van der Waals surface area contributed by atoms with Crippen molar-refractivity contribution in [2.45, 2.75) is 25.9 Å². The lowest BCUT2D eigenvalue weighted by Crippen LogP contribution is -2.40. The summed E-state index contributed by atoms with van der Waals surface area (Å²) in [6.07, 6.45) is 3.65. The first kappa shape index (κ1) is 22.8. The van der Waals surface area contributed by atoms with Gasteiger partial charge in [0, 0.05) is 44.7 Å². The molecular formula is C18H26FIN4OS. The standard InChI is InChI=1S/C18H25FN4OS.HI/c1-4-15-11-22-17(25-15)9-10-21-18(20-2)23-12-16(24-3)13-5-7-14(19)8-6-13;/h5-8,11,16H,4,9-10,12H2,1-3H3,(H2,20,21,23);1H. The number of aryl methyl sites for hydroxylation is 1. The Morgan fingerprint density at radius 2 is 2.04 bits per heavy atom. The molecule has 0 aliphatic rings. The third kappa shape index (κ3) is 7.16. The molecule has 26 heavy (non-hydrogen) atoms. The van der Waals surface area contributed by atoms with Gasteiger partial charge in [-0.25, -0.2) is 9.37 Å². The molecule has 1 aromatic heterocycles. The molecule has 0 saturated carbocycles. The first-order valence-electron chi connectivity index (χ1n) is 8.32. The summed E-state index contributed by atoms with van der Waals surface area (Å²) in [5.41, 5.74) is 0.918. The predicted molar refractivity (Wildman–Crippen MR) is 116 cm³/mol. The van der Waals surface area contributed by atoms with Crippen LogP contribution in [0, 0.1) is 5.82 Å². The molecule has 1 atom stereocenters. The van der Waals surface area contributed by atoms with Crippen LogP contribution in [0.1, 0.15) is 28.5 Å². The molecule has 144 valence electrons. The summed E-state index contributed by atoms with van der Waals surface area (Å²) in [6.45, 7) is 3.43. The molecule has 2 rings (SSSR count). The largest absolute Gasteiger partial charge is 0.375 e. The summed E-state index contributed by atoms with van der Waals surface area (Å²) < 4.78 is 18.5. The molecule has 0 aliphatic carbocycles. The molecule has 0 amide bonds. The Hall–Kier alpha value is -1.26. The second-order valence-corrected chi connectivity index (χ2v) is 6.68.